The van der Waals surface area contributed by atoms with Crippen molar-refractivity contribution in [2.45, 2.75) is 40.2 Å². The van der Waals surface area contributed by atoms with Gasteiger partial charge < -0.3 is 14.0 Å². The van der Waals surface area contributed by atoms with Gasteiger partial charge in [-0.25, -0.2) is 5.01 Å². The molecule has 32 heavy (non-hydrogen) atoms. The third kappa shape index (κ3) is 3.75. The van der Waals surface area contributed by atoms with Crippen LogP contribution >= 0.6 is 0 Å². The van der Waals surface area contributed by atoms with Gasteiger partial charge in [0.25, 0.3) is 0 Å². The van der Waals surface area contributed by atoms with E-state index < -0.39 is 0 Å². The summed E-state index contributed by atoms with van der Waals surface area (Å²) in [5.41, 5.74) is 6.44. The van der Waals surface area contributed by atoms with E-state index in [0.29, 0.717) is 23.6 Å². The summed E-state index contributed by atoms with van der Waals surface area (Å²) < 4.78 is 16.4. The summed E-state index contributed by atoms with van der Waals surface area (Å²) in [7, 11) is 3.23. The number of carbonyl (C=O) groups excluding carboxylic acids is 1. The summed E-state index contributed by atoms with van der Waals surface area (Å²) in [6.07, 6.45) is 0.652. The van der Waals surface area contributed by atoms with Gasteiger partial charge in [-0.1, -0.05) is 29.4 Å². The number of methoxy groups -OCH3 is 2. The van der Waals surface area contributed by atoms with Gasteiger partial charge >= 0.3 is 0 Å². The van der Waals surface area contributed by atoms with Gasteiger partial charge in [-0.15, -0.1) is 0 Å². The van der Waals surface area contributed by atoms with Gasteiger partial charge in [0, 0.05) is 23.6 Å². The Morgan fingerprint density at radius 1 is 1.06 bits per heavy atom. The quantitative estimate of drug-likeness (QED) is 0.605. The zero-order valence-electron chi connectivity index (χ0n) is 19.2. The Hall–Kier alpha value is -3.61. The van der Waals surface area contributed by atoms with E-state index in [-0.39, 0.29) is 11.9 Å². The second-order valence-electron chi connectivity index (χ2n) is 8.01. The molecular weight excluding hydrogens is 406 g/mol. The molecule has 7 heteroatoms. The molecule has 1 unspecified atom stereocenters. The molecule has 0 spiro atoms. The average Bonchev–Trinajstić information content (AvgIpc) is 3.04. The Morgan fingerprint density at radius 3 is 2.25 bits per heavy atom. The maximum Gasteiger partial charge on any atom is 0.239 e. The maximum atomic E-state index is 12.4. The normalized spacial score (nSPS) is 15.6. The third-order valence-electron chi connectivity index (χ3n) is 5.81. The Balaban J connectivity index is 1.87. The number of aryl methyl sites for hydroxylation is 2. The number of benzene rings is 2. The van der Waals surface area contributed by atoms with E-state index in [2.05, 4.69) is 5.16 Å². The van der Waals surface area contributed by atoms with Gasteiger partial charge in [-0.2, -0.15) is 5.10 Å². The minimum absolute atomic E-state index is 0.0940. The van der Waals surface area contributed by atoms with Crippen molar-refractivity contribution in [2.24, 2.45) is 5.10 Å². The smallest absolute Gasteiger partial charge is 0.239 e. The van der Waals surface area contributed by atoms with E-state index in [0.717, 1.165) is 39.3 Å². The number of carbonyl (C=O) groups is 1. The van der Waals surface area contributed by atoms with Crippen LogP contribution in [-0.4, -0.2) is 42.0 Å². The number of fused-ring (bicyclic) bond motifs is 1. The van der Waals surface area contributed by atoms with Crippen LogP contribution < -0.4 is 9.47 Å². The van der Waals surface area contributed by atoms with Crippen LogP contribution in [0.5, 0.6) is 11.5 Å². The van der Waals surface area contributed by atoms with Crippen LogP contribution in [0.4, 0.5) is 0 Å². The Labute approximate surface area is 187 Å². The molecule has 1 amide bonds. The lowest BCUT2D eigenvalue weighted by Crippen LogP contribution is -2.33. The van der Waals surface area contributed by atoms with E-state index >= 15 is 0 Å². The molecule has 0 radical (unpaired) electrons. The van der Waals surface area contributed by atoms with Gasteiger partial charge in [0.05, 0.1) is 31.7 Å². The fraction of sp³-hybridized carbons (Fsp3) is 0.320. The lowest BCUT2D eigenvalue weighted by molar-refractivity contribution is -0.130. The minimum Gasteiger partial charge on any atom is -0.493 e. The summed E-state index contributed by atoms with van der Waals surface area (Å²) in [5, 5.41) is 10.4. The molecule has 2 heterocycles. The molecule has 1 aromatic heterocycles. The first kappa shape index (κ1) is 21.6. The first-order valence-electron chi connectivity index (χ1n) is 10.5. The monoisotopic (exact) mass is 433 g/mol. The number of aromatic nitrogens is 1. The molecule has 2 aromatic carbocycles. The number of amides is 1. The van der Waals surface area contributed by atoms with Gasteiger partial charge in [-0.05, 0) is 50.5 Å². The number of rotatable bonds is 4. The van der Waals surface area contributed by atoms with Crippen molar-refractivity contribution in [3.05, 3.63) is 64.5 Å². The predicted octanol–water partition coefficient (Wildman–Crippen LogP) is 4.52. The van der Waals surface area contributed by atoms with Crippen LogP contribution in [0.15, 0.2) is 46.0 Å². The second kappa shape index (κ2) is 8.49. The van der Waals surface area contributed by atoms with E-state index in [1.807, 2.05) is 57.2 Å². The van der Waals surface area contributed by atoms with Crippen molar-refractivity contribution in [3.8, 4) is 22.6 Å². The van der Waals surface area contributed by atoms with Crippen LogP contribution in [0.1, 0.15) is 42.0 Å². The van der Waals surface area contributed by atoms with E-state index in [4.69, 9.17) is 19.1 Å². The highest BCUT2D eigenvalue weighted by Crippen LogP contribution is 2.35. The molecular formula is C25H27N3O4. The van der Waals surface area contributed by atoms with E-state index in [1.54, 1.807) is 19.2 Å². The summed E-state index contributed by atoms with van der Waals surface area (Å²) in [6.45, 7) is 7.36. The molecule has 0 fully saturated rings. The molecule has 7 nitrogen and oxygen atoms in total. The largest absolute Gasteiger partial charge is 0.493 e. The molecule has 1 aliphatic rings. The molecule has 166 valence electrons. The zero-order chi connectivity index (χ0) is 23.0. The fourth-order valence-electron chi connectivity index (χ4n) is 4.26. The number of hydrogen-bond acceptors (Lipinski definition) is 6. The molecule has 4 rings (SSSR count). The summed E-state index contributed by atoms with van der Waals surface area (Å²) in [4.78, 5) is 12.4. The van der Waals surface area contributed by atoms with Gasteiger partial charge in [0.15, 0.2) is 11.5 Å². The van der Waals surface area contributed by atoms with Crippen molar-refractivity contribution >= 4 is 11.6 Å². The summed E-state index contributed by atoms with van der Waals surface area (Å²) in [5.74, 6) is 1.95. The van der Waals surface area contributed by atoms with Crippen LogP contribution in [0.25, 0.3) is 11.1 Å². The SMILES string of the molecule is COc1cc2c(cc1OC)C(c1ccc(-c3c(C)noc3C)cc1)=NN(C(C)=O)C(C)C2. The standard InChI is InChI=1S/C25H27N3O4/c1-14-11-20-12-22(30-5)23(31-6)13-21(20)25(26-28(14)17(4)29)19-9-7-18(8-10-19)24-15(2)27-32-16(24)3/h7-10,12-14H,11H2,1-6H3. The first-order valence-corrected chi connectivity index (χ1v) is 10.5. The van der Waals surface area contributed by atoms with Crippen LogP contribution in [-0.2, 0) is 11.2 Å². The number of nitrogens with zero attached hydrogens (tertiary/aromatic N) is 3. The lowest BCUT2D eigenvalue weighted by Gasteiger charge is -2.21. The molecule has 0 saturated heterocycles. The molecule has 1 atom stereocenters. The predicted molar refractivity (Wildman–Crippen MR) is 122 cm³/mol. The van der Waals surface area contributed by atoms with Crippen LogP contribution in [0, 0.1) is 13.8 Å². The highest BCUT2D eigenvalue weighted by Gasteiger charge is 2.27. The maximum absolute atomic E-state index is 12.4. The molecule has 0 bridgehead atoms. The fourth-order valence-corrected chi connectivity index (χ4v) is 4.26. The highest BCUT2D eigenvalue weighted by molar-refractivity contribution is 6.14. The molecule has 1 aliphatic heterocycles. The lowest BCUT2D eigenvalue weighted by atomic mass is 9.93. The van der Waals surface area contributed by atoms with Crippen molar-refractivity contribution in [1.29, 1.82) is 0 Å². The molecule has 0 aliphatic carbocycles. The topological polar surface area (TPSA) is 77.2 Å². The first-order chi connectivity index (χ1) is 15.3. The average molecular weight is 434 g/mol. The summed E-state index contributed by atoms with van der Waals surface area (Å²) >= 11 is 0. The minimum atomic E-state index is -0.103. The molecule has 0 N–H and O–H groups in total. The van der Waals surface area contributed by atoms with Crippen LogP contribution in [0.3, 0.4) is 0 Å². The van der Waals surface area contributed by atoms with Crippen LogP contribution in [0.2, 0.25) is 0 Å². The van der Waals surface area contributed by atoms with Crippen molar-refractivity contribution in [1.82, 2.24) is 10.2 Å². The Morgan fingerprint density at radius 2 is 1.69 bits per heavy atom. The second-order valence-corrected chi connectivity index (χ2v) is 8.01. The van der Waals surface area contributed by atoms with Gasteiger partial charge in [0.1, 0.15) is 5.76 Å². The summed E-state index contributed by atoms with van der Waals surface area (Å²) in [6, 6.07) is 11.9. The Kier molecular flexibility index (Phi) is 5.74. The Bertz CT molecular complexity index is 1180. The highest BCUT2D eigenvalue weighted by atomic mass is 16.5. The number of ether oxygens (including phenoxy) is 2. The number of hydrazone groups is 1. The number of hydrogen-bond donors (Lipinski definition) is 0. The van der Waals surface area contributed by atoms with E-state index in [1.165, 1.54) is 6.92 Å². The van der Waals surface area contributed by atoms with Crippen molar-refractivity contribution in [2.75, 3.05) is 14.2 Å². The van der Waals surface area contributed by atoms with Crippen molar-refractivity contribution in [3.63, 3.8) is 0 Å². The van der Waals surface area contributed by atoms with Crippen molar-refractivity contribution < 1.29 is 18.8 Å². The molecule has 3 aromatic rings. The van der Waals surface area contributed by atoms with Gasteiger partial charge in [0.2, 0.25) is 5.91 Å². The molecule has 0 saturated carbocycles. The van der Waals surface area contributed by atoms with Gasteiger partial charge in [-0.3, -0.25) is 4.79 Å². The zero-order valence-corrected chi connectivity index (χ0v) is 19.2. The van der Waals surface area contributed by atoms with E-state index in [9.17, 15) is 4.79 Å². The third-order valence-corrected chi connectivity index (χ3v) is 5.81.